The van der Waals surface area contributed by atoms with Gasteiger partial charge in [-0.25, -0.2) is 0 Å². The third-order valence-corrected chi connectivity index (χ3v) is 3.25. The number of benzene rings is 2. The van der Waals surface area contributed by atoms with Gasteiger partial charge in [0.25, 0.3) is 0 Å². The van der Waals surface area contributed by atoms with Crippen LogP contribution in [0, 0.1) is 0 Å². The quantitative estimate of drug-likeness (QED) is 0.777. The summed E-state index contributed by atoms with van der Waals surface area (Å²) in [5, 5.41) is 3.18. The first-order chi connectivity index (χ1) is 10.1. The molecule has 0 saturated carbocycles. The zero-order valence-electron chi connectivity index (χ0n) is 11.7. The Balaban J connectivity index is 1.74. The topological polar surface area (TPSA) is 12.0 Å². The Labute approximate surface area is 122 Å². The van der Waals surface area contributed by atoms with Crippen LogP contribution in [0.4, 0.5) is 13.2 Å². The molecule has 2 rings (SSSR count). The van der Waals surface area contributed by atoms with E-state index in [1.807, 2.05) is 18.2 Å². The molecular formula is C17H18F3N. The Bertz CT molecular complexity index is 549. The van der Waals surface area contributed by atoms with Gasteiger partial charge in [0.1, 0.15) is 0 Å². The van der Waals surface area contributed by atoms with Crippen molar-refractivity contribution < 1.29 is 13.2 Å². The minimum atomic E-state index is -4.27. The van der Waals surface area contributed by atoms with Crippen molar-refractivity contribution in [2.24, 2.45) is 0 Å². The first-order valence-corrected chi connectivity index (χ1v) is 6.96. The van der Waals surface area contributed by atoms with Gasteiger partial charge >= 0.3 is 6.18 Å². The fourth-order valence-corrected chi connectivity index (χ4v) is 2.15. The molecule has 0 atom stereocenters. The molecule has 0 heterocycles. The lowest BCUT2D eigenvalue weighted by molar-refractivity contribution is -0.137. The lowest BCUT2D eigenvalue weighted by Crippen LogP contribution is -2.16. The highest BCUT2D eigenvalue weighted by atomic mass is 19.4. The van der Waals surface area contributed by atoms with Gasteiger partial charge in [-0.15, -0.1) is 0 Å². The van der Waals surface area contributed by atoms with Crippen molar-refractivity contribution in [3.63, 3.8) is 0 Å². The molecule has 0 radical (unpaired) electrons. The second-order valence-corrected chi connectivity index (χ2v) is 4.96. The first-order valence-electron chi connectivity index (χ1n) is 6.96. The Morgan fingerprint density at radius 2 is 1.57 bits per heavy atom. The van der Waals surface area contributed by atoms with Gasteiger partial charge in [0.2, 0.25) is 0 Å². The third-order valence-electron chi connectivity index (χ3n) is 3.25. The SMILES string of the molecule is FC(F)(F)c1cccc(CNCCCc2ccccc2)c1. The van der Waals surface area contributed by atoms with Crippen LogP contribution in [0.2, 0.25) is 0 Å². The molecule has 2 aromatic rings. The first kappa shape index (κ1) is 15.6. The van der Waals surface area contributed by atoms with E-state index < -0.39 is 11.7 Å². The van der Waals surface area contributed by atoms with Gasteiger partial charge in [-0.2, -0.15) is 13.2 Å². The minimum Gasteiger partial charge on any atom is -0.313 e. The molecule has 0 aliphatic carbocycles. The Kier molecular flexibility index (Phi) is 5.39. The summed E-state index contributed by atoms with van der Waals surface area (Å²) in [5.74, 6) is 0. The van der Waals surface area contributed by atoms with Crippen molar-refractivity contribution in [1.82, 2.24) is 5.32 Å². The summed E-state index contributed by atoms with van der Waals surface area (Å²) in [7, 11) is 0. The van der Waals surface area contributed by atoms with Gasteiger partial charge in [-0.3, -0.25) is 0 Å². The van der Waals surface area contributed by atoms with Gasteiger partial charge in [-0.05, 0) is 36.6 Å². The molecule has 0 saturated heterocycles. The maximum absolute atomic E-state index is 12.6. The summed E-state index contributed by atoms with van der Waals surface area (Å²) in [6.45, 7) is 1.24. The molecule has 112 valence electrons. The summed E-state index contributed by atoms with van der Waals surface area (Å²) in [5.41, 5.74) is 1.34. The molecular weight excluding hydrogens is 275 g/mol. The Morgan fingerprint density at radius 3 is 2.29 bits per heavy atom. The maximum atomic E-state index is 12.6. The van der Waals surface area contributed by atoms with Crippen LogP contribution in [0.3, 0.4) is 0 Å². The molecule has 0 bridgehead atoms. The van der Waals surface area contributed by atoms with E-state index in [4.69, 9.17) is 0 Å². The van der Waals surface area contributed by atoms with Crippen LogP contribution in [-0.4, -0.2) is 6.54 Å². The van der Waals surface area contributed by atoms with Crippen LogP contribution in [0.25, 0.3) is 0 Å². The van der Waals surface area contributed by atoms with Gasteiger partial charge in [0, 0.05) is 6.54 Å². The van der Waals surface area contributed by atoms with E-state index in [0.717, 1.165) is 25.5 Å². The van der Waals surface area contributed by atoms with Gasteiger partial charge < -0.3 is 5.32 Å². The van der Waals surface area contributed by atoms with Crippen molar-refractivity contribution in [3.8, 4) is 0 Å². The van der Waals surface area contributed by atoms with E-state index in [1.54, 1.807) is 6.07 Å². The zero-order valence-corrected chi connectivity index (χ0v) is 11.7. The summed E-state index contributed by atoms with van der Waals surface area (Å²) >= 11 is 0. The molecule has 4 heteroatoms. The highest BCUT2D eigenvalue weighted by molar-refractivity contribution is 5.25. The highest BCUT2D eigenvalue weighted by Crippen LogP contribution is 2.29. The molecule has 0 aliphatic heterocycles. The van der Waals surface area contributed by atoms with Crippen LogP contribution in [0.1, 0.15) is 23.1 Å². The largest absolute Gasteiger partial charge is 0.416 e. The lowest BCUT2D eigenvalue weighted by Gasteiger charge is -2.09. The number of hydrogen-bond donors (Lipinski definition) is 1. The monoisotopic (exact) mass is 293 g/mol. The summed E-state index contributed by atoms with van der Waals surface area (Å²) in [4.78, 5) is 0. The average molecular weight is 293 g/mol. The van der Waals surface area contributed by atoms with E-state index in [2.05, 4.69) is 17.4 Å². The van der Waals surface area contributed by atoms with Crippen LogP contribution < -0.4 is 5.32 Å². The number of rotatable bonds is 6. The van der Waals surface area contributed by atoms with Crippen LogP contribution >= 0.6 is 0 Å². The summed E-state index contributed by atoms with van der Waals surface area (Å²) in [6.07, 6.45) is -2.34. The molecule has 0 aliphatic rings. The van der Waals surface area contributed by atoms with Gasteiger partial charge in [-0.1, -0.05) is 48.5 Å². The van der Waals surface area contributed by atoms with Gasteiger partial charge in [0.15, 0.2) is 0 Å². The van der Waals surface area contributed by atoms with E-state index >= 15 is 0 Å². The standard InChI is InChI=1S/C17H18F3N/c18-17(19,20)16-10-4-8-15(12-16)13-21-11-5-9-14-6-2-1-3-7-14/h1-4,6-8,10,12,21H,5,9,11,13H2. The number of halogens is 3. The second-order valence-electron chi connectivity index (χ2n) is 4.96. The molecule has 0 amide bonds. The molecule has 1 N–H and O–H groups in total. The third kappa shape index (κ3) is 5.23. The van der Waals surface area contributed by atoms with Gasteiger partial charge in [0.05, 0.1) is 5.56 Å². The lowest BCUT2D eigenvalue weighted by atomic mass is 10.1. The number of hydrogen-bond acceptors (Lipinski definition) is 1. The normalized spacial score (nSPS) is 11.6. The highest BCUT2D eigenvalue weighted by Gasteiger charge is 2.30. The van der Waals surface area contributed by atoms with Crippen molar-refractivity contribution in [2.75, 3.05) is 6.54 Å². The van der Waals surface area contributed by atoms with Crippen molar-refractivity contribution in [2.45, 2.75) is 25.6 Å². The molecule has 21 heavy (non-hydrogen) atoms. The summed E-state index contributed by atoms with van der Waals surface area (Å²) < 4.78 is 37.7. The van der Waals surface area contributed by atoms with Crippen LogP contribution in [-0.2, 0) is 19.1 Å². The number of alkyl halides is 3. The molecule has 0 spiro atoms. The zero-order chi connectivity index (χ0) is 15.1. The molecule has 2 aromatic carbocycles. The van der Waals surface area contributed by atoms with E-state index in [0.29, 0.717) is 12.1 Å². The van der Waals surface area contributed by atoms with Crippen molar-refractivity contribution in [1.29, 1.82) is 0 Å². The number of aryl methyl sites for hydroxylation is 1. The Hall–Kier alpha value is -1.81. The molecule has 1 nitrogen and oxygen atoms in total. The number of nitrogens with one attached hydrogen (secondary N) is 1. The Morgan fingerprint density at radius 1 is 0.857 bits per heavy atom. The molecule has 0 aromatic heterocycles. The van der Waals surface area contributed by atoms with E-state index in [9.17, 15) is 13.2 Å². The van der Waals surface area contributed by atoms with Crippen molar-refractivity contribution >= 4 is 0 Å². The van der Waals surface area contributed by atoms with Crippen LogP contribution in [0.5, 0.6) is 0 Å². The van der Waals surface area contributed by atoms with Crippen molar-refractivity contribution in [3.05, 3.63) is 71.3 Å². The maximum Gasteiger partial charge on any atom is 0.416 e. The fourth-order valence-electron chi connectivity index (χ4n) is 2.15. The minimum absolute atomic E-state index is 0.457. The second kappa shape index (κ2) is 7.27. The van der Waals surface area contributed by atoms with E-state index in [-0.39, 0.29) is 0 Å². The predicted octanol–water partition coefficient (Wildman–Crippen LogP) is 4.43. The smallest absolute Gasteiger partial charge is 0.313 e. The van der Waals surface area contributed by atoms with Crippen LogP contribution in [0.15, 0.2) is 54.6 Å². The summed E-state index contributed by atoms with van der Waals surface area (Å²) in [6, 6.07) is 15.6. The average Bonchev–Trinajstić information content (AvgIpc) is 2.47. The molecule has 0 unspecified atom stereocenters. The molecule has 0 fully saturated rings. The predicted molar refractivity (Wildman–Crippen MR) is 77.9 cm³/mol. The van der Waals surface area contributed by atoms with E-state index in [1.165, 1.54) is 17.7 Å². The fraction of sp³-hybridized carbons (Fsp3) is 0.294.